The maximum atomic E-state index is 14.1. The Morgan fingerprint density at radius 2 is 1.03 bits per heavy atom. The SMILES string of the molecule is CCCN1C(=O)CCc2cc(CS(=O)(=O)Cc3c(F)c(F)c(C)c(F)c3F)ccc21.CCCN1C(=O)CCc2cc(N)ccc21.O=S(=O)(Cl)Cc1c(F)c(F)c(C(F)(F)F)c(F)c1F. The van der Waals surface area contributed by atoms with Crippen LogP contribution < -0.4 is 15.5 Å². The first-order valence-electron chi connectivity index (χ1n) is 19.1. The predicted molar refractivity (Wildman–Crippen MR) is 216 cm³/mol. The van der Waals surface area contributed by atoms with Gasteiger partial charge in [-0.15, -0.1) is 0 Å². The number of hydrogen-bond donors (Lipinski definition) is 1. The van der Waals surface area contributed by atoms with Gasteiger partial charge in [-0.3, -0.25) is 9.59 Å². The Balaban J connectivity index is 0.000000226. The molecule has 0 fully saturated rings. The van der Waals surface area contributed by atoms with Crippen molar-refractivity contribution in [2.45, 2.75) is 82.7 Å². The molecule has 2 N–H and O–H groups in total. The van der Waals surface area contributed by atoms with Gasteiger partial charge in [0.05, 0.1) is 17.3 Å². The molecule has 0 aromatic heterocycles. The van der Waals surface area contributed by atoms with E-state index < -0.39 is 111 Å². The largest absolute Gasteiger partial charge is 0.422 e. The van der Waals surface area contributed by atoms with Gasteiger partial charge in [0.15, 0.2) is 56.4 Å². The maximum absolute atomic E-state index is 14.1. The van der Waals surface area contributed by atoms with Crippen molar-refractivity contribution in [3.8, 4) is 0 Å². The number of amides is 2. The number of nitrogen functional groups attached to an aromatic ring is 1. The number of anilines is 3. The third-order valence-electron chi connectivity index (χ3n) is 9.82. The van der Waals surface area contributed by atoms with Crippen molar-refractivity contribution in [3.05, 3.63) is 122 Å². The lowest BCUT2D eigenvalue weighted by Crippen LogP contribution is -2.35. The Bertz CT molecular complexity index is 2630. The van der Waals surface area contributed by atoms with Crippen LogP contribution in [-0.2, 0) is 64.8 Å². The van der Waals surface area contributed by atoms with Crippen molar-refractivity contribution >= 4 is 58.4 Å². The molecule has 0 unspecified atom stereocenters. The molecule has 0 radical (unpaired) electrons. The molecule has 23 heteroatoms. The average Bonchev–Trinajstić information content (AvgIpc) is 3.20. The van der Waals surface area contributed by atoms with Crippen molar-refractivity contribution in [3.63, 3.8) is 0 Å². The Morgan fingerprint density at radius 1 is 0.609 bits per heavy atom. The molecule has 0 spiro atoms. The molecule has 0 aliphatic carbocycles. The molecular weight excluding hydrogens is 939 g/mol. The van der Waals surface area contributed by atoms with Crippen LogP contribution in [0.1, 0.15) is 78.5 Å². The normalized spacial score (nSPS) is 14.0. The van der Waals surface area contributed by atoms with Crippen LogP contribution in [-0.4, -0.2) is 41.7 Å². The molecule has 0 saturated carbocycles. The van der Waals surface area contributed by atoms with Gasteiger partial charge in [-0.05, 0) is 73.6 Å². The number of nitrogens with zero attached hydrogens (tertiary/aromatic N) is 2. The van der Waals surface area contributed by atoms with Crippen molar-refractivity contribution in [1.29, 1.82) is 0 Å². The van der Waals surface area contributed by atoms with E-state index in [1.165, 1.54) is 11.6 Å². The van der Waals surface area contributed by atoms with E-state index in [2.05, 4.69) is 17.6 Å². The lowest BCUT2D eigenvalue weighted by molar-refractivity contribution is -0.143. The zero-order valence-corrected chi connectivity index (χ0v) is 36.4. The van der Waals surface area contributed by atoms with Gasteiger partial charge in [0, 0.05) is 70.4 Å². The monoisotopic (exact) mass is 977 g/mol. The van der Waals surface area contributed by atoms with Crippen molar-refractivity contribution in [2.24, 2.45) is 0 Å². The summed E-state index contributed by atoms with van der Waals surface area (Å²) in [5.41, 5.74) is 4.14. The van der Waals surface area contributed by atoms with Gasteiger partial charge in [-0.1, -0.05) is 26.0 Å². The highest BCUT2D eigenvalue weighted by atomic mass is 35.7. The third kappa shape index (κ3) is 12.0. The summed E-state index contributed by atoms with van der Waals surface area (Å²) in [6, 6.07) is 10.6. The van der Waals surface area contributed by atoms with E-state index in [9.17, 15) is 74.7 Å². The first-order chi connectivity index (χ1) is 29.6. The Morgan fingerprint density at radius 3 is 1.47 bits per heavy atom. The summed E-state index contributed by atoms with van der Waals surface area (Å²) in [4.78, 5) is 27.4. The zero-order chi connectivity index (χ0) is 48.2. The lowest BCUT2D eigenvalue weighted by atomic mass is 9.99. The first-order valence-corrected chi connectivity index (χ1v) is 23.4. The zero-order valence-electron chi connectivity index (χ0n) is 34.0. The van der Waals surface area contributed by atoms with E-state index in [1.54, 1.807) is 17.0 Å². The van der Waals surface area contributed by atoms with Gasteiger partial charge in [0.1, 0.15) is 5.56 Å². The van der Waals surface area contributed by atoms with Crippen molar-refractivity contribution in [2.75, 3.05) is 28.6 Å². The molecule has 0 atom stereocenters. The fourth-order valence-electron chi connectivity index (χ4n) is 6.88. The third-order valence-corrected chi connectivity index (χ3v) is 12.3. The molecule has 9 nitrogen and oxygen atoms in total. The quantitative estimate of drug-likeness (QED) is 0.0724. The summed E-state index contributed by atoms with van der Waals surface area (Å²) >= 11 is 0. The number of aryl methyl sites for hydroxylation is 2. The number of nitrogens with two attached hydrogens (primary N) is 1. The van der Waals surface area contributed by atoms with E-state index in [0.29, 0.717) is 37.1 Å². The van der Waals surface area contributed by atoms with Crippen LogP contribution in [0.15, 0.2) is 36.4 Å². The predicted octanol–water partition coefficient (Wildman–Crippen LogP) is 9.64. The van der Waals surface area contributed by atoms with E-state index in [-0.39, 0.29) is 11.8 Å². The van der Waals surface area contributed by atoms with Gasteiger partial charge in [-0.2, -0.15) is 13.2 Å². The van der Waals surface area contributed by atoms with Gasteiger partial charge in [0.25, 0.3) is 0 Å². The summed E-state index contributed by atoms with van der Waals surface area (Å²) in [7, 11) is -4.14. The minimum atomic E-state index is -5.69. The number of hydrogen-bond acceptors (Lipinski definition) is 7. The first kappa shape index (κ1) is 51.7. The van der Waals surface area contributed by atoms with Crippen LogP contribution in [0.25, 0.3) is 0 Å². The van der Waals surface area contributed by atoms with Gasteiger partial charge < -0.3 is 15.5 Å². The van der Waals surface area contributed by atoms with E-state index in [1.807, 2.05) is 30.0 Å². The second kappa shape index (κ2) is 20.5. The van der Waals surface area contributed by atoms with Gasteiger partial charge in [-0.25, -0.2) is 52.0 Å². The highest BCUT2D eigenvalue weighted by Crippen LogP contribution is 2.38. The molecule has 2 heterocycles. The molecule has 4 aromatic rings. The number of sulfone groups is 1. The highest BCUT2D eigenvalue weighted by Gasteiger charge is 2.42. The van der Waals surface area contributed by atoms with Crippen LogP contribution in [0, 0.1) is 53.5 Å². The minimum absolute atomic E-state index is 0.000837. The topological polar surface area (TPSA) is 135 Å². The van der Waals surface area contributed by atoms with Crippen LogP contribution in [0.5, 0.6) is 0 Å². The molecule has 350 valence electrons. The minimum Gasteiger partial charge on any atom is -0.399 e. The molecule has 2 aliphatic rings. The second-order valence-electron chi connectivity index (χ2n) is 14.6. The summed E-state index contributed by atoms with van der Waals surface area (Å²) in [6.07, 6.45) is -1.75. The average molecular weight is 978 g/mol. The molecule has 6 rings (SSSR count). The summed E-state index contributed by atoms with van der Waals surface area (Å²) in [6.45, 7) is 6.24. The van der Waals surface area contributed by atoms with Gasteiger partial charge in [0.2, 0.25) is 20.9 Å². The summed E-state index contributed by atoms with van der Waals surface area (Å²) in [5.74, 6) is -20.2. The number of alkyl halides is 3. The number of rotatable bonds is 10. The number of carbonyl (C=O) groups excluding carboxylic acids is 2. The molecule has 0 saturated heterocycles. The fourth-order valence-corrected chi connectivity index (χ4v) is 9.29. The molecule has 2 aliphatic heterocycles. The summed E-state index contributed by atoms with van der Waals surface area (Å²) < 4.78 is 191. The highest BCUT2D eigenvalue weighted by molar-refractivity contribution is 8.13. The smallest absolute Gasteiger partial charge is 0.399 e. The molecule has 64 heavy (non-hydrogen) atoms. The summed E-state index contributed by atoms with van der Waals surface area (Å²) in [5, 5.41) is 0. The van der Waals surface area contributed by atoms with E-state index in [4.69, 9.17) is 5.73 Å². The van der Waals surface area contributed by atoms with E-state index >= 15 is 0 Å². The molecule has 2 amide bonds. The Labute approximate surface area is 365 Å². The number of carbonyl (C=O) groups is 2. The molecule has 4 aromatic carbocycles. The molecular formula is C41H39ClF11N3O6S2. The lowest BCUT2D eigenvalue weighted by Gasteiger charge is -2.29. The van der Waals surface area contributed by atoms with Gasteiger partial charge >= 0.3 is 6.18 Å². The van der Waals surface area contributed by atoms with Crippen LogP contribution in [0.3, 0.4) is 0 Å². The van der Waals surface area contributed by atoms with Crippen molar-refractivity contribution in [1.82, 2.24) is 0 Å². The number of benzene rings is 4. The maximum Gasteiger partial charge on any atom is 0.422 e. The van der Waals surface area contributed by atoms with Crippen LogP contribution in [0.2, 0.25) is 0 Å². The van der Waals surface area contributed by atoms with Crippen LogP contribution >= 0.6 is 10.7 Å². The standard InChI is InChI=1S/C21H21F4NO3S.C12H16N2O.C8H2ClF7O2S/c1-3-8-26-16-6-4-13(9-14(16)5-7-17(26)27)10-30(28,29)11-15-20(24)18(22)12(2)19(23)21(15)25;1-2-7-14-11-5-4-10(13)8-9(11)3-6-12(14)15;9-19(17,18)1-2-4(10)6(12)3(8(14,15)16)7(13)5(2)11/h4,6,9H,3,5,7-8,10-11H2,1-2H3;4-5,8H,2-3,6-7,13H2,1H3;1H2. The van der Waals surface area contributed by atoms with Crippen molar-refractivity contribution < 1.29 is 74.7 Å². The Hall–Kier alpha value is -4.96. The van der Waals surface area contributed by atoms with Crippen LogP contribution in [0.4, 0.5) is 65.4 Å². The number of fused-ring (bicyclic) bond motifs is 2. The second-order valence-corrected chi connectivity index (χ2v) is 19.5. The number of halogens is 12. The Kier molecular flexibility index (Phi) is 16.5. The molecule has 0 bridgehead atoms. The fraction of sp³-hybridized carbons (Fsp3) is 0.366. The van der Waals surface area contributed by atoms with E-state index in [0.717, 1.165) is 49.7 Å².